The lowest BCUT2D eigenvalue weighted by atomic mass is 10.1. The number of nitriles is 1. The number of benzene rings is 1. The maximum atomic E-state index is 10.5. The van der Waals surface area contributed by atoms with Gasteiger partial charge in [-0.3, -0.25) is 4.79 Å². The lowest BCUT2D eigenvalue weighted by Crippen LogP contribution is -1.79. The van der Waals surface area contributed by atoms with Gasteiger partial charge in [-0.15, -0.1) is 11.3 Å². The zero-order valence-electron chi connectivity index (χ0n) is 8.18. The van der Waals surface area contributed by atoms with Crippen LogP contribution in [0.5, 0.6) is 5.75 Å². The number of phenols is 1. The second kappa shape index (κ2) is 4.17. The number of aromatic hydroxyl groups is 1. The van der Waals surface area contributed by atoms with Crippen molar-refractivity contribution in [3.8, 4) is 22.9 Å². The van der Waals surface area contributed by atoms with Crippen LogP contribution in [0.15, 0.2) is 29.6 Å². The van der Waals surface area contributed by atoms with Gasteiger partial charge in [0.25, 0.3) is 0 Å². The van der Waals surface area contributed by atoms with Crippen molar-refractivity contribution in [1.82, 2.24) is 0 Å². The number of hydrogen-bond donors (Lipinski definition) is 1. The summed E-state index contributed by atoms with van der Waals surface area (Å²) in [6.45, 7) is 0. The van der Waals surface area contributed by atoms with E-state index in [9.17, 15) is 9.90 Å². The molecule has 1 N–H and O–H groups in total. The van der Waals surface area contributed by atoms with Crippen molar-refractivity contribution < 1.29 is 9.90 Å². The van der Waals surface area contributed by atoms with E-state index in [1.807, 2.05) is 11.4 Å². The first-order valence-corrected chi connectivity index (χ1v) is 5.39. The molecular formula is C12H7NO2S. The highest BCUT2D eigenvalue weighted by Gasteiger charge is 2.05. The first-order valence-electron chi connectivity index (χ1n) is 4.51. The summed E-state index contributed by atoms with van der Waals surface area (Å²) < 4.78 is 0. The molecule has 1 aromatic carbocycles. The molecule has 3 nitrogen and oxygen atoms in total. The van der Waals surface area contributed by atoms with Gasteiger partial charge in [0.2, 0.25) is 0 Å². The SMILES string of the molecule is N#Cc1cc(O)cc(-c2csc(C=O)c2)c1. The Bertz CT molecular complexity index is 581. The van der Waals surface area contributed by atoms with Crippen molar-refractivity contribution in [2.45, 2.75) is 0 Å². The van der Waals surface area contributed by atoms with Crippen LogP contribution in [0.2, 0.25) is 0 Å². The molecule has 0 aliphatic rings. The quantitative estimate of drug-likeness (QED) is 0.805. The highest BCUT2D eigenvalue weighted by Crippen LogP contribution is 2.28. The maximum Gasteiger partial charge on any atom is 0.160 e. The number of phenolic OH excluding ortho intramolecular Hbond substituents is 1. The lowest BCUT2D eigenvalue weighted by Gasteiger charge is -1.99. The van der Waals surface area contributed by atoms with Crippen molar-refractivity contribution in [1.29, 1.82) is 5.26 Å². The van der Waals surface area contributed by atoms with Gasteiger partial charge in [0, 0.05) is 0 Å². The number of carbonyl (C=O) groups excluding carboxylic acids is 1. The fraction of sp³-hybridized carbons (Fsp3) is 0. The Labute approximate surface area is 96.2 Å². The molecule has 1 heterocycles. The van der Waals surface area contributed by atoms with Gasteiger partial charge in [-0.25, -0.2) is 0 Å². The monoisotopic (exact) mass is 229 g/mol. The number of carbonyl (C=O) groups is 1. The summed E-state index contributed by atoms with van der Waals surface area (Å²) in [7, 11) is 0. The molecule has 0 bridgehead atoms. The smallest absolute Gasteiger partial charge is 0.160 e. The summed E-state index contributed by atoms with van der Waals surface area (Å²) in [4.78, 5) is 11.2. The van der Waals surface area contributed by atoms with Crippen LogP contribution in [-0.4, -0.2) is 11.4 Å². The fourth-order valence-corrected chi connectivity index (χ4v) is 2.13. The van der Waals surface area contributed by atoms with Gasteiger partial charge in [0.1, 0.15) is 5.75 Å². The zero-order valence-corrected chi connectivity index (χ0v) is 8.99. The lowest BCUT2D eigenvalue weighted by molar-refractivity contribution is 0.112. The summed E-state index contributed by atoms with van der Waals surface area (Å²) in [6.07, 6.45) is 0.780. The molecule has 78 valence electrons. The van der Waals surface area contributed by atoms with Gasteiger partial charge >= 0.3 is 0 Å². The largest absolute Gasteiger partial charge is 0.508 e. The van der Waals surface area contributed by atoms with Crippen LogP contribution in [0.1, 0.15) is 15.2 Å². The van der Waals surface area contributed by atoms with Crippen LogP contribution in [-0.2, 0) is 0 Å². The molecule has 2 aromatic rings. The van der Waals surface area contributed by atoms with Gasteiger partial charge in [-0.2, -0.15) is 5.26 Å². The summed E-state index contributed by atoms with van der Waals surface area (Å²) in [6, 6.07) is 8.35. The molecule has 0 saturated heterocycles. The molecule has 0 spiro atoms. The van der Waals surface area contributed by atoms with Crippen LogP contribution in [0.4, 0.5) is 0 Å². The van der Waals surface area contributed by atoms with E-state index in [0.717, 1.165) is 17.4 Å². The second-order valence-electron chi connectivity index (χ2n) is 3.24. The highest BCUT2D eigenvalue weighted by molar-refractivity contribution is 7.12. The van der Waals surface area contributed by atoms with Gasteiger partial charge < -0.3 is 5.11 Å². The van der Waals surface area contributed by atoms with E-state index >= 15 is 0 Å². The number of thiophene rings is 1. The minimum Gasteiger partial charge on any atom is -0.508 e. The second-order valence-corrected chi connectivity index (χ2v) is 4.18. The molecule has 2 rings (SSSR count). The number of aldehydes is 1. The van der Waals surface area contributed by atoms with E-state index in [1.54, 1.807) is 18.2 Å². The number of rotatable bonds is 2. The zero-order chi connectivity index (χ0) is 11.5. The Hall–Kier alpha value is -2.12. The summed E-state index contributed by atoms with van der Waals surface area (Å²) in [5, 5.41) is 20.0. The van der Waals surface area contributed by atoms with Gasteiger partial charge in [-0.05, 0) is 40.8 Å². The molecule has 0 aliphatic heterocycles. The van der Waals surface area contributed by atoms with Crippen molar-refractivity contribution in [3.05, 3.63) is 40.1 Å². The predicted octanol–water partition coefficient (Wildman–Crippen LogP) is 2.80. The first-order chi connectivity index (χ1) is 7.72. The van der Waals surface area contributed by atoms with E-state index in [4.69, 9.17) is 5.26 Å². The average Bonchev–Trinajstić information content (AvgIpc) is 2.76. The van der Waals surface area contributed by atoms with E-state index in [2.05, 4.69) is 0 Å². The third kappa shape index (κ3) is 1.95. The summed E-state index contributed by atoms with van der Waals surface area (Å²) >= 11 is 1.33. The molecule has 1 aromatic heterocycles. The van der Waals surface area contributed by atoms with Crippen LogP contribution in [0.3, 0.4) is 0 Å². The van der Waals surface area contributed by atoms with Gasteiger partial charge in [-0.1, -0.05) is 0 Å². The Morgan fingerprint density at radius 2 is 2.06 bits per heavy atom. The van der Waals surface area contributed by atoms with E-state index < -0.39 is 0 Å². The van der Waals surface area contributed by atoms with Gasteiger partial charge in [0.15, 0.2) is 6.29 Å². The summed E-state index contributed by atoms with van der Waals surface area (Å²) in [5.74, 6) is 0.0490. The van der Waals surface area contributed by atoms with Crippen LogP contribution >= 0.6 is 11.3 Å². The third-order valence-corrected chi connectivity index (χ3v) is 2.97. The molecule has 0 radical (unpaired) electrons. The molecule has 4 heteroatoms. The minimum atomic E-state index is 0.0490. The maximum absolute atomic E-state index is 10.5. The number of hydrogen-bond acceptors (Lipinski definition) is 4. The van der Waals surface area contributed by atoms with E-state index in [-0.39, 0.29) is 5.75 Å². The van der Waals surface area contributed by atoms with E-state index in [0.29, 0.717) is 10.4 Å². The Morgan fingerprint density at radius 3 is 2.69 bits per heavy atom. The Morgan fingerprint density at radius 1 is 1.25 bits per heavy atom. The van der Waals surface area contributed by atoms with Crippen LogP contribution < -0.4 is 0 Å². The predicted molar refractivity (Wildman–Crippen MR) is 61.5 cm³/mol. The fourth-order valence-electron chi connectivity index (χ4n) is 1.41. The first kappa shape index (κ1) is 10.4. The van der Waals surface area contributed by atoms with Crippen molar-refractivity contribution in [2.24, 2.45) is 0 Å². The Kier molecular flexibility index (Phi) is 2.71. The topological polar surface area (TPSA) is 61.1 Å². The van der Waals surface area contributed by atoms with Crippen molar-refractivity contribution >= 4 is 17.6 Å². The Balaban J connectivity index is 2.51. The number of nitrogens with zero attached hydrogens (tertiary/aromatic N) is 1. The molecule has 0 fully saturated rings. The standard InChI is InChI=1S/C12H7NO2S/c13-5-8-1-9(3-11(15)2-8)10-4-12(6-14)16-7-10/h1-4,6-7,15H. The molecule has 0 saturated carbocycles. The van der Waals surface area contributed by atoms with Crippen molar-refractivity contribution in [2.75, 3.05) is 0 Å². The normalized spacial score (nSPS) is 9.69. The molecule has 0 unspecified atom stereocenters. The van der Waals surface area contributed by atoms with E-state index in [1.165, 1.54) is 17.4 Å². The van der Waals surface area contributed by atoms with Crippen LogP contribution in [0.25, 0.3) is 11.1 Å². The van der Waals surface area contributed by atoms with Crippen molar-refractivity contribution in [3.63, 3.8) is 0 Å². The van der Waals surface area contributed by atoms with Crippen LogP contribution in [0, 0.1) is 11.3 Å². The van der Waals surface area contributed by atoms with Gasteiger partial charge in [0.05, 0.1) is 16.5 Å². The molecular weight excluding hydrogens is 222 g/mol. The molecule has 0 amide bonds. The summed E-state index contributed by atoms with van der Waals surface area (Å²) in [5.41, 5.74) is 1.97. The molecule has 16 heavy (non-hydrogen) atoms. The minimum absolute atomic E-state index is 0.0490. The average molecular weight is 229 g/mol. The highest BCUT2D eigenvalue weighted by atomic mass is 32.1. The molecule has 0 aliphatic carbocycles. The molecule has 0 atom stereocenters. The third-order valence-electron chi connectivity index (χ3n) is 2.12.